The number of esters is 1. The molecule has 0 amide bonds. The first kappa shape index (κ1) is 18.7. The minimum atomic E-state index is -0.0202. The molecule has 2 aromatic rings. The van der Waals surface area contributed by atoms with Crippen LogP contribution in [0.2, 0.25) is 5.15 Å². The molecule has 0 N–H and O–H groups in total. The van der Waals surface area contributed by atoms with Gasteiger partial charge in [0.25, 0.3) is 0 Å². The summed E-state index contributed by atoms with van der Waals surface area (Å²) in [5.41, 5.74) is 1.46. The summed E-state index contributed by atoms with van der Waals surface area (Å²) in [6.45, 7) is 2.20. The van der Waals surface area contributed by atoms with Gasteiger partial charge in [-0.3, -0.25) is 4.79 Å². The van der Waals surface area contributed by atoms with Crippen molar-refractivity contribution >= 4 is 28.7 Å². The number of carbonyl (C=O) groups excluding carboxylic acids is 1. The van der Waals surface area contributed by atoms with E-state index in [1.807, 2.05) is 6.33 Å². The summed E-state index contributed by atoms with van der Waals surface area (Å²) in [5, 5.41) is 0.396. The van der Waals surface area contributed by atoms with Crippen molar-refractivity contribution < 1.29 is 9.53 Å². The van der Waals surface area contributed by atoms with Gasteiger partial charge in [-0.2, -0.15) is 0 Å². The van der Waals surface area contributed by atoms with Gasteiger partial charge < -0.3 is 9.30 Å². The molecule has 2 saturated carbocycles. The third kappa shape index (κ3) is 3.82. The topological polar surface area (TPSA) is 69.9 Å². The number of unbranched alkanes of at least 4 members (excludes halogenated alkanes) is 4. The predicted octanol–water partition coefficient (Wildman–Crippen LogP) is 4.72. The van der Waals surface area contributed by atoms with Gasteiger partial charge in [-0.25, -0.2) is 15.0 Å². The fourth-order valence-corrected chi connectivity index (χ4v) is 5.02. The number of ether oxygens (including phenoxy) is 1. The van der Waals surface area contributed by atoms with Crippen LogP contribution in [0.5, 0.6) is 0 Å². The van der Waals surface area contributed by atoms with E-state index in [0.717, 1.165) is 37.8 Å². The third-order valence-corrected chi connectivity index (χ3v) is 6.47. The molecular formula is C20H27ClN4O2. The number of carbonyl (C=O) groups is 1. The highest BCUT2D eigenvalue weighted by molar-refractivity contribution is 6.33. The molecule has 27 heavy (non-hydrogen) atoms. The lowest BCUT2D eigenvalue weighted by Gasteiger charge is -2.28. The highest BCUT2D eigenvalue weighted by atomic mass is 35.5. The maximum Gasteiger partial charge on any atom is 0.306 e. The van der Waals surface area contributed by atoms with Crippen LogP contribution in [0.25, 0.3) is 11.2 Å². The fourth-order valence-electron chi connectivity index (χ4n) is 4.84. The van der Waals surface area contributed by atoms with E-state index in [-0.39, 0.29) is 12.1 Å². The Balaban J connectivity index is 1.31. The maximum atomic E-state index is 12.2. The molecule has 2 aliphatic carbocycles. The first-order valence-electron chi connectivity index (χ1n) is 10.2. The zero-order valence-corrected chi connectivity index (χ0v) is 16.6. The van der Waals surface area contributed by atoms with Gasteiger partial charge in [-0.1, -0.05) is 44.2 Å². The van der Waals surface area contributed by atoms with Crippen LogP contribution in [0.15, 0.2) is 12.7 Å². The summed E-state index contributed by atoms with van der Waals surface area (Å²) in [6, 6.07) is 0.356. The van der Waals surface area contributed by atoms with Crippen molar-refractivity contribution in [1.82, 2.24) is 19.5 Å². The second-order valence-electron chi connectivity index (χ2n) is 7.98. The van der Waals surface area contributed by atoms with Crippen molar-refractivity contribution in [2.45, 2.75) is 76.9 Å². The summed E-state index contributed by atoms with van der Waals surface area (Å²) in [6.07, 6.45) is 12.8. The van der Waals surface area contributed by atoms with Gasteiger partial charge in [0.1, 0.15) is 17.9 Å². The number of rotatable bonds is 8. The first-order valence-corrected chi connectivity index (χ1v) is 10.6. The van der Waals surface area contributed by atoms with Gasteiger partial charge in [0.2, 0.25) is 0 Å². The number of halogens is 1. The number of hydrogen-bond donors (Lipinski definition) is 0. The Morgan fingerprint density at radius 2 is 2.00 bits per heavy atom. The zero-order chi connectivity index (χ0) is 18.8. The molecule has 0 unspecified atom stereocenters. The molecule has 4 atom stereocenters. The van der Waals surface area contributed by atoms with Crippen molar-refractivity contribution in [1.29, 1.82) is 0 Å². The molecule has 0 spiro atoms. The molecule has 2 heterocycles. The van der Waals surface area contributed by atoms with Crippen LogP contribution in [0.4, 0.5) is 0 Å². The Hall–Kier alpha value is -1.69. The highest BCUT2D eigenvalue weighted by Gasteiger charge is 2.48. The average molecular weight is 391 g/mol. The highest BCUT2D eigenvalue weighted by Crippen LogP contribution is 2.52. The van der Waals surface area contributed by atoms with Gasteiger partial charge in [-0.15, -0.1) is 0 Å². The standard InChI is InChI=1S/C20H27ClN4O2/c1-2-3-4-5-6-7-17(26)27-16-10-13-8-14(16)9-15(13)25-12-24-18-19(21)22-11-23-20(18)25/h11-16H,2-10H2,1H3/t13-,14-,15+,16+/m1/s1. The fraction of sp³-hybridized carbons (Fsp3) is 0.700. The van der Waals surface area contributed by atoms with E-state index < -0.39 is 0 Å². The SMILES string of the molecule is CCCCCCCC(=O)O[C@H]1C[C@H]2C[C@@H]1C[C@@H]2n1cnc2c(Cl)ncnc21. The molecule has 0 saturated heterocycles. The maximum absolute atomic E-state index is 12.2. The predicted molar refractivity (Wildman–Crippen MR) is 103 cm³/mol. The molecule has 2 fully saturated rings. The van der Waals surface area contributed by atoms with Crippen molar-refractivity contribution in [3.63, 3.8) is 0 Å². The normalized spacial score (nSPS) is 26.7. The van der Waals surface area contributed by atoms with E-state index in [1.54, 1.807) is 0 Å². The Morgan fingerprint density at radius 3 is 2.78 bits per heavy atom. The van der Waals surface area contributed by atoms with Crippen LogP contribution < -0.4 is 0 Å². The van der Waals surface area contributed by atoms with E-state index in [4.69, 9.17) is 16.3 Å². The van der Waals surface area contributed by atoms with E-state index in [1.165, 1.54) is 25.6 Å². The lowest BCUT2D eigenvalue weighted by molar-refractivity contribution is -0.152. The number of imidazole rings is 1. The molecule has 2 bridgehead atoms. The second-order valence-corrected chi connectivity index (χ2v) is 8.33. The molecular weight excluding hydrogens is 364 g/mol. The van der Waals surface area contributed by atoms with Gasteiger partial charge in [-0.05, 0) is 37.5 Å². The largest absolute Gasteiger partial charge is 0.462 e. The van der Waals surface area contributed by atoms with Crippen LogP contribution in [-0.2, 0) is 9.53 Å². The van der Waals surface area contributed by atoms with Crippen LogP contribution in [-0.4, -0.2) is 31.6 Å². The molecule has 2 aromatic heterocycles. The molecule has 146 valence electrons. The lowest BCUT2D eigenvalue weighted by atomic mass is 9.92. The van der Waals surface area contributed by atoms with Gasteiger partial charge in [0.15, 0.2) is 10.8 Å². The van der Waals surface area contributed by atoms with Crippen LogP contribution >= 0.6 is 11.6 Å². The number of hydrogen-bond acceptors (Lipinski definition) is 5. The Kier molecular flexibility index (Phi) is 5.62. The summed E-state index contributed by atoms with van der Waals surface area (Å²) in [4.78, 5) is 24.9. The van der Waals surface area contributed by atoms with Gasteiger partial charge in [0.05, 0.1) is 6.33 Å². The Morgan fingerprint density at radius 1 is 1.15 bits per heavy atom. The van der Waals surface area contributed by atoms with Gasteiger partial charge in [0, 0.05) is 12.5 Å². The summed E-state index contributed by atoms with van der Waals surface area (Å²) in [5.74, 6) is 0.926. The Labute approximate surface area is 164 Å². The van der Waals surface area contributed by atoms with Crippen LogP contribution in [0.1, 0.15) is 70.8 Å². The van der Waals surface area contributed by atoms with E-state index in [2.05, 4.69) is 26.4 Å². The molecule has 0 aliphatic heterocycles. The third-order valence-electron chi connectivity index (χ3n) is 6.19. The van der Waals surface area contributed by atoms with Crippen LogP contribution in [0.3, 0.4) is 0 Å². The summed E-state index contributed by atoms with van der Waals surface area (Å²) in [7, 11) is 0. The number of fused-ring (bicyclic) bond motifs is 3. The molecule has 6 nitrogen and oxygen atoms in total. The van der Waals surface area contributed by atoms with Crippen molar-refractivity contribution in [3.8, 4) is 0 Å². The van der Waals surface area contributed by atoms with E-state index in [9.17, 15) is 4.79 Å². The average Bonchev–Trinajstić information content (AvgIpc) is 3.35. The lowest BCUT2D eigenvalue weighted by Crippen LogP contribution is -2.28. The monoisotopic (exact) mass is 390 g/mol. The quantitative estimate of drug-likeness (QED) is 0.370. The molecule has 0 aromatic carbocycles. The Bertz CT molecular complexity index is 808. The summed E-state index contributed by atoms with van der Waals surface area (Å²) >= 11 is 6.12. The van der Waals surface area contributed by atoms with Crippen molar-refractivity contribution in [2.24, 2.45) is 11.8 Å². The van der Waals surface area contributed by atoms with Crippen molar-refractivity contribution in [3.05, 3.63) is 17.8 Å². The van der Waals surface area contributed by atoms with Crippen molar-refractivity contribution in [2.75, 3.05) is 0 Å². The number of aromatic nitrogens is 4. The van der Waals surface area contributed by atoms with Gasteiger partial charge >= 0.3 is 5.97 Å². The van der Waals surface area contributed by atoms with E-state index >= 15 is 0 Å². The smallest absolute Gasteiger partial charge is 0.306 e. The minimum Gasteiger partial charge on any atom is -0.462 e. The minimum absolute atomic E-state index is 0.0202. The summed E-state index contributed by atoms with van der Waals surface area (Å²) < 4.78 is 7.95. The molecule has 4 rings (SSSR count). The molecule has 0 radical (unpaired) electrons. The second kappa shape index (κ2) is 8.13. The first-order chi connectivity index (χ1) is 13.2. The zero-order valence-electron chi connectivity index (χ0n) is 15.8. The van der Waals surface area contributed by atoms with Crippen LogP contribution in [0, 0.1) is 11.8 Å². The number of nitrogens with zero attached hydrogens (tertiary/aromatic N) is 4. The molecule has 2 aliphatic rings. The van der Waals surface area contributed by atoms with E-state index in [0.29, 0.717) is 35.0 Å². The molecule has 7 heteroatoms.